The number of hydrogen-bond acceptors (Lipinski definition) is 5. The van der Waals surface area contributed by atoms with Gasteiger partial charge in [0.05, 0.1) is 5.37 Å². The van der Waals surface area contributed by atoms with Crippen LogP contribution < -0.4 is 5.32 Å². The quantitative estimate of drug-likeness (QED) is 0.531. The van der Waals surface area contributed by atoms with E-state index in [0.29, 0.717) is 5.75 Å². The Morgan fingerprint density at radius 2 is 2.23 bits per heavy atom. The highest BCUT2D eigenvalue weighted by Gasteiger charge is 2.31. The number of thioether (sulfide) groups is 1. The van der Waals surface area contributed by atoms with Crippen molar-refractivity contribution in [2.24, 2.45) is 0 Å². The van der Waals surface area contributed by atoms with Crippen LogP contribution >= 0.6 is 11.8 Å². The standard InChI is InChI=1S/C5H9NO5S2/c7-5(8)3-1-12-4(6-3)2-13(9,10)11/h3-4,6H,1-2H2,(H,7,8)(H,9,10,11)/t3-,4?/m0/s1. The lowest BCUT2D eigenvalue weighted by Crippen LogP contribution is -2.39. The Labute approximate surface area is 79.5 Å². The molecule has 0 radical (unpaired) electrons. The first-order valence-electron chi connectivity index (χ1n) is 3.44. The van der Waals surface area contributed by atoms with Crippen molar-refractivity contribution >= 4 is 27.8 Å². The molecule has 1 aliphatic heterocycles. The zero-order valence-corrected chi connectivity index (χ0v) is 8.14. The molecule has 0 saturated carbocycles. The summed E-state index contributed by atoms with van der Waals surface area (Å²) >= 11 is 1.17. The minimum Gasteiger partial charge on any atom is -0.480 e. The molecule has 76 valence electrons. The first-order chi connectivity index (χ1) is 5.88. The minimum atomic E-state index is -4.03. The number of aliphatic carboxylic acids is 1. The molecule has 3 N–H and O–H groups in total. The molecule has 1 unspecified atom stereocenters. The molecule has 0 aromatic carbocycles. The van der Waals surface area contributed by atoms with Crippen LogP contribution in [-0.4, -0.2) is 47.0 Å². The first-order valence-corrected chi connectivity index (χ1v) is 6.10. The maximum Gasteiger partial charge on any atom is 0.321 e. The highest BCUT2D eigenvalue weighted by molar-refractivity contribution is 8.01. The van der Waals surface area contributed by atoms with Crippen LogP contribution in [0.2, 0.25) is 0 Å². The molecule has 1 aliphatic rings. The summed E-state index contributed by atoms with van der Waals surface area (Å²) in [5.41, 5.74) is 0. The second-order valence-electron chi connectivity index (χ2n) is 2.63. The molecular formula is C5H9NO5S2. The van der Waals surface area contributed by atoms with Gasteiger partial charge in [0, 0.05) is 5.75 Å². The highest BCUT2D eigenvalue weighted by atomic mass is 32.2. The number of carboxylic acids is 1. The fourth-order valence-corrected chi connectivity index (χ4v) is 3.27. The minimum absolute atomic E-state index is 0.315. The normalized spacial score (nSPS) is 29.0. The Morgan fingerprint density at radius 1 is 1.62 bits per heavy atom. The lowest BCUT2D eigenvalue weighted by atomic mass is 10.3. The van der Waals surface area contributed by atoms with E-state index in [-0.39, 0.29) is 0 Å². The van der Waals surface area contributed by atoms with Gasteiger partial charge in [-0.15, -0.1) is 11.8 Å². The Morgan fingerprint density at radius 3 is 2.62 bits per heavy atom. The second-order valence-corrected chi connectivity index (χ2v) is 5.36. The summed E-state index contributed by atoms with van der Waals surface area (Å²) in [6.07, 6.45) is 0. The van der Waals surface area contributed by atoms with Crippen LogP contribution in [0.15, 0.2) is 0 Å². The fraction of sp³-hybridized carbons (Fsp3) is 0.800. The average Bonchev–Trinajstić information content (AvgIpc) is 2.31. The molecular weight excluding hydrogens is 218 g/mol. The van der Waals surface area contributed by atoms with E-state index in [1.807, 2.05) is 0 Å². The molecule has 1 rings (SSSR count). The van der Waals surface area contributed by atoms with E-state index in [4.69, 9.17) is 9.66 Å². The van der Waals surface area contributed by atoms with E-state index in [1.165, 1.54) is 11.8 Å². The third-order valence-electron chi connectivity index (χ3n) is 1.51. The molecule has 0 aromatic rings. The monoisotopic (exact) mass is 227 g/mol. The molecule has 8 heteroatoms. The van der Waals surface area contributed by atoms with Crippen molar-refractivity contribution in [3.63, 3.8) is 0 Å². The largest absolute Gasteiger partial charge is 0.480 e. The average molecular weight is 227 g/mol. The highest BCUT2D eigenvalue weighted by Crippen LogP contribution is 2.19. The summed E-state index contributed by atoms with van der Waals surface area (Å²) in [5.74, 6) is -1.15. The Balaban J connectivity index is 2.47. The van der Waals surface area contributed by atoms with Gasteiger partial charge in [0.25, 0.3) is 10.1 Å². The van der Waals surface area contributed by atoms with Crippen LogP contribution in [0, 0.1) is 0 Å². The molecule has 0 amide bonds. The Bertz CT molecular complexity index is 300. The Hall–Kier alpha value is -0.310. The molecule has 6 nitrogen and oxygen atoms in total. The molecule has 1 heterocycles. The van der Waals surface area contributed by atoms with E-state index in [9.17, 15) is 13.2 Å². The third-order valence-corrected chi connectivity index (χ3v) is 3.71. The van der Waals surface area contributed by atoms with Crippen molar-refractivity contribution in [2.75, 3.05) is 11.5 Å². The van der Waals surface area contributed by atoms with Gasteiger partial charge in [0.1, 0.15) is 11.8 Å². The summed E-state index contributed by atoms with van der Waals surface area (Å²) in [5, 5.41) is 10.6. The van der Waals surface area contributed by atoms with Gasteiger partial charge in [-0.25, -0.2) is 0 Å². The van der Waals surface area contributed by atoms with Gasteiger partial charge < -0.3 is 5.11 Å². The van der Waals surface area contributed by atoms with E-state index in [1.54, 1.807) is 0 Å². The van der Waals surface area contributed by atoms with Gasteiger partial charge in [-0.1, -0.05) is 0 Å². The molecule has 0 aliphatic carbocycles. The molecule has 0 aromatic heterocycles. The van der Waals surface area contributed by atoms with Crippen molar-refractivity contribution in [2.45, 2.75) is 11.4 Å². The van der Waals surface area contributed by atoms with Crippen molar-refractivity contribution in [3.05, 3.63) is 0 Å². The van der Waals surface area contributed by atoms with Crippen LogP contribution in [0.4, 0.5) is 0 Å². The van der Waals surface area contributed by atoms with Gasteiger partial charge in [-0.3, -0.25) is 14.7 Å². The predicted molar refractivity (Wildman–Crippen MR) is 47.2 cm³/mol. The lowest BCUT2D eigenvalue weighted by molar-refractivity contribution is -0.138. The summed E-state index contributed by atoms with van der Waals surface area (Å²) in [7, 11) is -4.03. The van der Waals surface area contributed by atoms with Gasteiger partial charge >= 0.3 is 5.97 Å². The van der Waals surface area contributed by atoms with E-state index in [2.05, 4.69) is 5.32 Å². The van der Waals surface area contributed by atoms with E-state index >= 15 is 0 Å². The number of carboxylic acid groups (broad SMARTS) is 1. The van der Waals surface area contributed by atoms with Crippen LogP contribution in [0.5, 0.6) is 0 Å². The summed E-state index contributed by atoms with van der Waals surface area (Å²) in [4.78, 5) is 10.4. The summed E-state index contributed by atoms with van der Waals surface area (Å²) in [6.45, 7) is 0. The molecule has 1 saturated heterocycles. The third kappa shape index (κ3) is 3.51. The SMILES string of the molecule is O=C(O)[C@@H]1CSC(CS(=O)(=O)O)N1. The number of hydrogen-bond donors (Lipinski definition) is 3. The van der Waals surface area contributed by atoms with Gasteiger partial charge in [0.15, 0.2) is 0 Å². The Kier molecular flexibility index (Phi) is 3.17. The van der Waals surface area contributed by atoms with Crippen LogP contribution in [0.1, 0.15) is 0 Å². The summed E-state index contributed by atoms with van der Waals surface area (Å²) < 4.78 is 29.3. The molecule has 0 bridgehead atoms. The maximum absolute atomic E-state index is 10.4. The predicted octanol–water partition coefficient (Wildman–Crippen LogP) is -1.01. The molecule has 1 fully saturated rings. The molecule has 0 spiro atoms. The van der Waals surface area contributed by atoms with E-state index in [0.717, 1.165) is 0 Å². The fourth-order valence-electron chi connectivity index (χ4n) is 0.963. The molecule has 13 heavy (non-hydrogen) atoms. The van der Waals surface area contributed by atoms with Gasteiger partial charge in [-0.2, -0.15) is 8.42 Å². The van der Waals surface area contributed by atoms with Crippen molar-refractivity contribution in [1.29, 1.82) is 0 Å². The van der Waals surface area contributed by atoms with Crippen LogP contribution in [0.3, 0.4) is 0 Å². The van der Waals surface area contributed by atoms with Gasteiger partial charge in [0.2, 0.25) is 0 Å². The smallest absolute Gasteiger partial charge is 0.321 e. The van der Waals surface area contributed by atoms with Crippen molar-refractivity contribution < 1.29 is 22.9 Å². The van der Waals surface area contributed by atoms with Gasteiger partial charge in [-0.05, 0) is 0 Å². The van der Waals surface area contributed by atoms with E-state index < -0.39 is 33.3 Å². The number of rotatable bonds is 3. The topological polar surface area (TPSA) is 104 Å². The van der Waals surface area contributed by atoms with Crippen LogP contribution in [0.25, 0.3) is 0 Å². The molecule has 2 atom stereocenters. The number of carbonyl (C=O) groups is 1. The van der Waals surface area contributed by atoms with Crippen molar-refractivity contribution in [1.82, 2.24) is 5.32 Å². The maximum atomic E-state index is 10.4. The number of nitrogens with one attached hydrogen (secondary N) is 1. The zero-order valence-electron chi connectivity index (χ0n) is 6.50. The van der Waals surface area contributed by atoms with Crippen LogP contribution in [-0.2, 0) is 14.9 Å². The first kappa shape index (κ1) is 10.8. The summed E-state index contributed by atoms with van der Waals surface area (Å²) in [6, 6.07) is -0.725. The second kappa shape index (κ2) is 3.82. The van der Waals surface area contributed by atoms with Crippen molar-refractivity contribution in [3.8, 4) is 0 Å². The lowest BCUT2D eigenvalue weighted by Gasteiger charge is -2.07. The zero-order chi connectivity index (χ0) is 10.1.